The third kappa shape index (κ3) is 3.83. The molecule has 2 atom stereocenters. The fourth-order valence-electron chi connectivity index (χ4n) is 3.07. The van der Waals surface area contributed by atoms with Gasteiger partial charge in [-0.05, 0) is 43.0 Å². The highest BCUT2D eigenvalue weighted by atomic mass is 16.5. The van der Waals surface area contributed by atoms with Gasteiger partial charge in [0.05, 0.1) is 11.6 Å². The molecule has 1 aliphatic carbocycles. The molecule has 1 aromatic carbocycles. The van der Waals surface area contributed by atoms with E-state index in [1.165, 1.54) is 12.8 Å². The second-order valence-corrected chi connectivity index (χ2v) is 6.16. The average Bonchev–Trinajstić information content (AvgIpc) is 2.53. The highest BCUT2D eigenvalue weighted by Gasteiger charge is 2.20. The standard InChI is InChI=1S/C18H22N2O2/c1-13-4-2-6-16(10-13)22-12-18(21)20-15-7-8-17-14(11-15)5-3-9-19-17/h3,5,7-9,11,13,16H,2,4,6,10,12H2,1H3,(H,20,21). The molecule has 0 radical (unpaired) electrons. The van der Waals surface area contributed by atoms with Gasteiger partial charge in [0.15, 0.2) is 0 Å². The van der Waals surface area contributed by atoms with Gasteiger partial charge < -0.3 is 10.1 Å². The van der Waals surface area contributed by atoms with Crippen molar-refractivity contribution in [2.75, 3.05) is 11.9 Å². The number of pyridine rings is 1. The van der Waals surface area contributed by atoms with Crippen LogP contribution in [-0.4, -0.2) is 23.6 Å². The van der Waals surface area contributed by atoms with Crippen LogP contribution in [0.2, 0.25) is 0 Å². The number of fused-ring (bicyclic) bond motifs is 1. The number of benzene rings is 1. The van der Waals surface area contributed by atoms with Crippen LogP contribution in [0.1, 0.15) is 32.6 Å². The van der Waals surface area contributed by atoms with Gasteiger partial charge in [0.1, 0.15) is 6.61 Å². The van der Waals surface area contributed by atoms with Gasteiger partial charge in [-0.2, -0.15) is 0 Å². The molecule has 0 spiro atoms. The molecule has 1 N–H and O–H groups in total. The number of carbonyl (C=O) groups excluding carboxylic acids is 1. The van der Waals surface area contributed by atoms with E-state index in [0.29, 0.717) is 5.92 Å². The Labute approximate surface area is 130 Å². The highest BCUT2D eigenvalue weighted by molar-refractivity contribution is 5.94. The Hall–Kier alpha value is -1.94. The van der Waals surface area contributed by atoms with E-state index >= 15 is 0 Å². The maximum atomic E-state index is 12.0. The summed E-state index contributed by atoms with van der Waals surface area (Å²) in [5.74, 6) is 0.608. The van der Waals surface area contributed by atoms with Crippen LogP contribution in [0.25, 0.3) is 10.9 Å². The van der Waals surface area contributed by atoms with Gasteiger partial charge in [-0.3, -0.25) is 9.78 Å². The van der Waals surface area contributed by atoms with Crippen molar-refractivity contribution in [1.82, 2.24) is 4.98 Å². The average molecular weight is 298 g/mol. The minimum absolute atomic E-state index is 0.0959. The van der Waals surface area contributed by atoms with E-state index in [4.69, 9.17) is 4.74 Å². The molecule has 1 amide bonds. The first-order valence-corrected chi connectivity index (χ1v) is 7.97. The summed E-state index contributed by atoms with van der Waals surface area (Å²) >= 11 is 0. The van der Waals surface area contributed by atoms with Crippen molar-refractivity contribution in [3.8, 4) is 0 Å². The number of carbonyl (C=O) groups is 1. The molecular formula is C18H22N2O2. The predicted octanol–water partition coefficient (Wildman–Crippen LogP) is 3.77. The van der Waals surface area contributed by atoms with Crippen molar-refractivity contribution in [1.29, 1.82) is 0 Å². The maximum Gasteiger partial charge on any atom is 0.250 e. The van der Waals surface area contributed by atoms with Crippen LogP contribution < -0.4 is 5.32 Å². The zero-order valence-corrected chi connectivity index (χ0v) is 12.9. The SMILES string of the molecule is CC1CCCC(OCC(=O)Nc2ccc3ncccc3c2)C1. The molecule has 1 heterocycles. The van der Waals surface area contributed by atoms with E-state index in [-0.39, 0.29) is 18.6 Å². The molecule has 1 saturated carbocycles. The summed E-state index contributed by atoms with van der Waals surface area (Å²) in [6.45, 7) is 2.38. The van der Waals surface area contributed by atoms with Gasteiger partial charge in [0.25, 0.3) is 0 Å². The largest absolute Gasteiger partial charge is 0.368 e. The molecule has 1 aromatic heterocycles. The summed E-state index contributed by atoms with van der Waals surface area (Å²) in [6, 6.07) is 9.59. The minimum atomic E-state index is -0.0959. The number of rotatable bonds is 4. The minimum Gasteiger partial charge on any atom is -0.368 e. The van der Waals surface area contributed by atoms with Crippen molar-refractivity contribution in [3.05, 3.63) is 36.5 Å². The Morgan fingerprint density at radius 3 is 3.14 bits per heavy atom. The van der Waals surface area contributed by atoms with Crippen LogP contribution in [0, 0.1) is 5.92 Å². The summed E-state index contributed by atoms with van der Waals surface area (Å²) in [5, 5.41) is 3.91. The molecule has 116 valence electrons. The van der Waals surface area contributed by atoms with E-state index in [2.05, 4.69) is 17.2 Å². The molecular weight excluding hydrogens is 276 g/mol. The first-order valence-electron chi connectivity index (χ1n) is 7.97. The maximum absolute atomic E-state index is 12.0. The van der Waals surface area contributed by atoms with Gasteiger partial charge in [-0.25, -0.2) is 0 Å². The number of aromatic nitrogens is 1. The Morgan fingerprint density at radius 1 is 1.36 bits per heavy atom. The molecule has 22 heavy (non-hydrogen) atoms. The number of nitrogens with one attached hydrogen (secondary N) is 1. The lowest BCUT2D eigenvalue weighted by molar-refractivity contribution is -0.123. The third-order valence-electron chi connectivity index (χ3n) is 4.23. The van der Waals surface area contributed by atoms with E-state index < -0.39 is 0 Å². The quantitative estimate of drug-likeness (QED) is 0.934. The van der Waals surface area contributed by atoms with Crippen molar-refractivity contribution < 1.29 is 9.53 Å². The van der Waals surface area contributed by atoms with Crippen LogP contribution in [0.4, 0.5) is 5.69 Å². The van der Waals surface area contributed by atoms with Crippen LogP contribution in [0.15, 0.2) is 36.5 Å². The van der Waals surface area contributed by atoms with Crippen molar-refractivity contribution >= 4 is 22.5 Å². The fraction of sp³-hybridized carbons (Fsp3) is 0.444. The zero-order valence-electron chi connectivity index (χ0n) is 12.9. The molecule has 1 aliphatic rings. The molecule has 2 aromatic rings. The fourth-order valence-corrected chi connectivity index (χ4v) is 3.07. The van der Waals surface area contributed by atoms with E-state index in [0.717, 1.165) is 29.4 Å². The van der Waals surface area contributed by atoms with E-state index in [9.17, 15) is 4.79 Å². The van der Waals surface area contributed by atoms with E-state index in [1.807, 2.05) is 30.3 Å². The first kappa shape index (κ1) is 15.0. The van der Waals surface area contributed by atoms with Gasteiger partial charge >= 0.3 is 0 Å². The van der Waals surface area contributed by atoms with Gasteiger partial charge in [-0.15, -0.1) is 0 Å². The summed E-state index contributed by atoms with van der Waals surface area (Å²) < 4.78 is 5.75. The van der Waals surface area contributed by atoms with Crippen molar-refractivity contribution in [3.63, 3.8) is 0 Å². The number of amides is 1. The summed E-state index contributed by atoms with van der Waals surface area (Å²) in [6.07, 6.45) is 6.60. The van der Waals surface area contributed by atoms with Gasteiger partial charge in [-0.1, -0.05) is 25.8 Å². The van der Waals surface area contributed by atoms with Gasteiger partial charge in [0, 0.05) is 17.3 Å². The number of hydrogen-bond acceptors (Lipinski definition) is 3. The smallest absolute Gasteiger partial charge is 0.250 e. The Bertz CT molecular complexity index is 656. The molecule has 3 rings (SSSR count). The van der Waals surface area contributed by atoms with E-state index in [1.54, 1.807) is 6.20 Å². The van der Waals surface area contributed by atoms with Crippen LogP contribution in [-0.2, 0) is 9.53 Å². The number of hydrogen-bond donors (Lipinski definition) is 1. The van der Waals surface area contributed by atoms with Crippen molar-refractivity contribution in [2.24, 2.45) is 5.92 Å². The molecule has 0 bridgehead atoms. The second-order valence-electron chi connectivity index (χ2n) is 6.16. The van der Waals surface area contributed by atoms with Gasteiger partial charge in [0.2, 0.25) is 5.91 Å². The first-order chi connectivity index (χ1) is 10.7. The summed E-state index contributed by atoms with van der Waals surface area (Å²) in [5.41, 5.74) is 1.71. The number of ether oxygens (including phenoxy) is 1. The number of nitrogens with zero attached hydrogens (tertiary/aromatic N) is 1. The molecule has 0 aliphatic heterocycles. The summed E-state index contributed by atoms with van der Waals surface area (Å²) in [7, 11) is 0. The predicted molar refractivity (Wildman–Crippen MR) is 87.7 cm³/mol. The lowest BCUT2D eigenvalue weighted by atomic mass is 9.89. The Kier molecular flexibility index (Phi) is 4.68. The molecule has 2 unspecified atom stereocenters. The lowest BCUT2D eigenvalue weighted by Crippen LogP contribution is -2.26. The topological polar surface area (TPSA) is 51.2 Å². The Balaban J connectivity index is 1.54. The third-order valence-corrected chi connectivity index (χ3v) is 4.23. The second kappa shape index (κ2) is 6.88. The van der Waals surface area contributed by atoms with Crippen LogP contribution in [0.3, 0.4) is 0 Å². The zero-order chi connectivity index (χ0) is 15.4. The summed E-state index contributed by atoms with van der Waals surface area (Å²) in [4.78, 5) is 16.3. The van der Waals surface area contributed by atoms with Crippen molar-refractivity contribution in [2.45, 2.75) is 38.7 Å². The molecule has 1 fully saturated rings. The normalized spacial score (nSPS) is 21.7. The molecule has 4 heteroatoms. The monoisotopic (exact) mass is 298 g/mol. The van der Waals surface area contributed by atoms with Crippen LogP contribution >= 0.6 is 0 Å². The molecule has 0 saturated heterocycles. The number of anilines is 1. The lowest BCUT2D eigenvalue weighted by Gasteiger charge is -2.26. The van der Waals surface area contributed by atoms with Crippen LogP contribution in [0.5, 0.6) is 0 Å². The molecule has 4 nitrogen and oxygen atoms in total. The Morgan fingerprint density at radius 2 is 2.27 bits per heavy atom. The highest BCUT2D eigenvalue weighted by Crippen LogP contribution is 2.25.